The van der Waals surface area contributed by atoms with E-state index >= 15 is 0 Å². The number of rotatable bonds is 6. The third kappa shape index (κ3) is 4.33. The third-order valence-electron chi connectivity index (χ3n) is 6.06. The molecule has 0 saturated heterocycles. The van der Waals surface area contributed by atoms with Gasteiger partial charge in [0.15, 0.2) is 5.82 Å². The van der Waals surface area contributed by atoms with E-state index in [1.165, 1.54) is 12.8 Å². The van der Waals surface area contributed by atoms with Crippen LogP contribution in [0.2, 0.25) is 0 Å². The molecular weight excluding hydrogens is 440 g/mol. The number of H-pyrrole nitrogens is 1. The predicted octanol–water partition coefficient (Wildman–Crippen LogP) is 5.63. The van der Waals surface area contributed by atoms with E-state index < -0.39 is 0 Å². The van der Waals surface area contributed by atoms with E-state index in [2.05, 4.69) is 30.7 Å². The van der Waals surface area contributed by atoms with Gasteiger partial charge < -0.3 is 9.73 Å². The van der Waals surface area contributed by atoms with Gasteiger partial charge in [-0.2, -0.15) is 5.10 Å². The Morgan fingerprint density at radius 2 is 1.63 bits per heavy atom. The minimum Gasteiger partial charge on any atom is -0.416 e. The Morgan fingerprint density at radius 3 is 2.37 bits per heavy atom. The first-order valence-corrected chi connectivity index (χ1v) is 11.5. The molecule has 2 aromatic heterocycles. The number of carbonyl (C=O) groups is 1. The van der Waals surface area contributed by atoms with Crippen molar-refractivity contribution in [2.24, 2.45) is 0 Å². The molecule has 1 fully saturated rings. The van der Waals surface area contributed by atoms with Crippen molar-refractivity contribution in [3.63, 3.8) is 0 Å². The number of hydrogen-bond donors (Lipinski definition) is 2. The maximum absolute atomic E-state index is 12.7. The van der Waals surface area contributed by atoms with Crippen molar-refractivity contribution in [1.29, 1.82) is 0 Å². The summed E-state index contributed by atoms with van der Waals surface area (Å²) in [5.41, 5.74) is 4.83. The van der Waals surface area contributed by atoms with Crippen LogP contribution in [0.4, 0.5) is 5.69 Å². The number of aromatic amines is 1. The first kappa shape index (κ1) is 21.0. The fourth-order valence-electron chi connectivity index (χ4n) is 3.87. The number of benzene rings is 3. The van der Waals surface area contributed by atoms with Crippen LogP contribution in [-0.2, 0) is 0 Å². The van der Waals surface area contributed by atoms with E-state index in [0.29, 0.717) is 34.8 Å². The van der Waals surface area contributed by atoms with Crippen LogP contribution in [0.3, 0.4) is 0 Å². The van der Waals surface area contributed by atoms with Crippen LogP contribution in [-0.4, -0.2) is 31.3 Å². The normalized spacial score (nSPS) is 13.1. The van der Waals surface area contributed by atoms with Crippen molar-refractivity contribution in [2.45, 2.75) is 25.7 Å². The van der Waals surface area contributed by atoms with Gasteiger partial charge >= 0.3 is 0 Å². The lowest BCUT2D eigenvalue weighted by atomic mass is 10.1. The lowest BCUT2D eigenvalue weighted by Crippen LogP contribution is -2.11. The summed E-state index contributed by atoms with van der Waals surface area (Å²) in [6.07, 6.45) is 2.34. The van der Waals surface area contributed by atoms with Crippen molar-refractivity contribution in [3.05, 3.63) is 89.7 Å². The van der Waals surface area contributed by atoms with Crippen LogP contribution >= 0.6 is 0 Å². The number of hydrogen-bond acceptors (Lipinski definition) is 6. The second kappa shape index (κ2) is 8.64. The smallest absolute Gasteiger partial charge is 0.255 e. The maximum atomic E-state index is 12.7. The van der Waals surface area contributed by atoms with Gasteiger partial charge in [0.05, 0.1) is 0 Å². The molecule has 1 aliphatic rings. The summed E-state index contributed by atoms with van der Waals surface area (Å²) in [7, 11) is 0. The van der Waals surface area contributed by atoms with E-state index in [0.717, 1.165) is 28.1 Å². The lowest BCUT2D eigenvalue weighted by molar-refractivity contribution is 0.102. The molecule has 0 atom stereocenters. The fourth-order valence-corrected chi connectivity index (χ4v) is 3.87. The molecule has 35 heavy (non-hydrogen) atoms. The largest absolute Gasteiger partial charge is 0.416 e. The molecule has 172 valence electrons. The fraction of sp³-hybridized carbons (Fsp3) is 0.148. The molecule has 0 spiro atoms. The Morgan fingerprint density at radius 1 is 0.914 bits per heavy atom. The molecule has 3 aromatic carbocycles. The highest BCUT2D eigenvalue weighted by molar-refractivity contribution is 6.04. The highest BCUT2D eigenvalue weighted by Gasteiger charge is 2.27. The first-order valence-electron chi connectivity index (χ1n) is 11.5. The zero-order chi connectivity index (χ0) is 23.8. The number of nitrogens with zero attached hydrogens (tertiary/aromatic N) is 4. The number of nitrogens with one attached hydrogen (secondary N) is 2. The average Bonchev–Trinajstić information content (AvgIpc) is 3.41. The van der Waals surface area contributed by atoms with Crippen LogP contribution in [0.1, 0.15) is 40.5 Å². The van der Waals surface area contributed by atoms with Crippen molar-refractivity contribution in [1.82, 2.24) is 25.4 Å². The zero-order valence-electron chi connectivity index (χ0n) is 19.0. The van der Waals surface area contributed by atoms with Crippen LogP contribution < -0.4 is 5.32 Å². The molecule has 0 bridgehead atoms. The van der Waals surface area contributed by atoms with Gasteiger partial charge in [-0.3, -0.25) is 9.89 Å². The minimum atomic E-state index is -0.204. The lowest BCUT2D eigenvalue weighted by Gasteiger charge is -2.06. The molecule has 1 amide bonds. The summed E-state index contributed by atoms with van der Waals surface area (Å²) in [6.45, 7) is 2.00. The number of aryl methyl sites for hydroxylation is 1. The Kier molecular flexibility index (Phi) is 5.18. The van der Waals surface area contributed by atoms with Crippen LogP contribution in [0, 0.1) is 6.92 Å². The molecule has 0 unspecified atom stereocenters. The molecular formula is C27H22N6O2. The van der Waals surface area contributed by atoms with E-state index in [9.17, 15) is 4.79 Å². The molecule has 1 saturated carbocycles. The number of amides is 1. The maximum Gasteiger partial charge on any atom is 0.255 e. The summed E-state index contributed by atoms with van der Waals surface area (Å²) in [6, 6.07) is 22.4. The summed E-state index contributed by atoms with van der Waals surface area (Å²) in [5, 5.41) is 18.6. The second-order valence-electron chi connectivity index (χ2n) is 8.65. The predicted molar refractivity (Wildman–Crippen MR) is 132 cm³/mol. The van der Waals surface area contributed by atoms with Gasteiger partial charge in [-0.25, -0.2) is 4.98 Å². The number of aromatic nitrogens is 5. The van der Waals surface area contributed by atoms with Gasteiger partial charge in [0, 0.05) is 33.9 Å². The standard InChI is InChI=1S/C27H22N6O2/c1-16-4-2-3-5-22(16)27-33-32-26(35-27)20-10-8-19(9-11-20)25(34)28-21-14-12-18(13-15-21)24-29-23(30-31-24)17-6-7-17/h2-5,8-15,17H,6-7H2,1H3,(H,28,34)(H,29,30,31). The van der Waals surface area contributed by atoms with Gasteiger partial charge in [-0.1, -0.05) is 18.2 Å². The quantitative estimate of drug-likeness (QED) is 0.339. The highest BCUT2D eigenvalue weighted by atomic mass is 16.4. The highest BCUT2D eigenvalue weighted by Crippen LogP contribution is 2.38. The topological polar surface area (TPSA) is 110 Å². The van der Waals surface area contributed by atoms with Crippen molar-refractivity contribution < 1.29 is 9.21 Å². The molecule has 2 heterocycles. The molecule has 2 N–H and O–H groups in total. The Bertz CT molecular complexity index is 1500. The van der Waals surface area contributed by atoms with Crippen molar-refractivity contribution >= 4 is 11.6 Å². The van der Waals surface area contributed by atoms with E-state index in [1.54, 1.807) is 24.3 Å². The third-order valence-corrected chi connectivity index (χ3v) is 6.06. The second-order valence-corrected chi connectivity index (χ2v) is 8.65. The van der Waals surface area contributed by atoms with E-state index in [1.807, 2.05) is 55.5 Å². The van der Waals surface area contributed by atoms with Gasteiger partial charge in [0.2, 0.25) is 11.8 Å². The summed E-state index contributed by atoms with van der Waals surface area (Å²) in [5.74, 6) is 2.82. The summed E-state index contributed by atoms with van der Waals surface area (Å²) in [4.78, 5) is 17.3. The molecule has 8 nitrogen and oxygen atoms in total. The minimum absolute atomic E-state index is 0.204. The molecule has 6 rings (SSSR count). The van der Waals surface area contributed by atoms with Crippen LogP contribution in [0.5, 0.6) is 0 Å². The van der Waals surface area contributed by atoms with E-state index in [-0.39, 0.29) is 5.91 Å². The summed E-state index contributed by atoms with van der Waals surface area (Å²) < 4.78 is 5.86. The van der Waals surface area contributed by atoms with Gasteiger partial charge in [-0.05, 0) is 79.9 Å². The van der Waals surface area contributed by atoms with Crippen LogP contribution in [0.25, 0.3) is 34.3 Å². The molecule has 0 aliphatic heterocycles. The van der Waals surface area contributed by atoms with Gasteiger partial charge in [-0.15, -0.1) is 10.2 Å². The monoisotopic (exact) mass is 462 g/mol. The van der Waals surface area contributed by atoms with Crippen LogP contribution in [0.15, 0.2) is 77.2 Å². The number of carbonyl (C=O) groups excluding carboxylic acids is 1. The molecule has 5 aromatic rings. The summed E-state index contributed by atoms with van der Waals surface area (Å²) >= 11 is 0. The molecule has 0 radical (unpaired) electrons. The molecule has 8 heteroatoms. The average molecular weight is 463 g/mol. The number of anilines is 1. The van der Waals surface area contributed by atoms with Gasteiger partial charge in [0.25, 0.3) is 5.91 Å². The Hall–Kier alpha value is -4.59. The Balaban J connectivity index is 1.12. The zero-order valence-corrected chi connectivity index (χ0v) is 19.0. The Labute approximate surface area is 201 Å². The van der Waals surface area contributed by atoms with E-state index in [4.69, 9.17) is 4.42 Å². The van der Waals surface area contributed by atoms with Crippen molar-refractivity contribution in [3.8, 4) is 34.3 Å². The van der Waals surface area contributed by atoms with Gasteiger partial charge in [0.1, 0.15) is 5.82 Å². The first-order chi connectivity index (χ1) is 17.1. The SMILES string of the molecule is Cc1ccccc1-c1nnc(-c2ccc(C(=O)Nc3ccc(-c4n[nH]c(C5CC5)n4)cc3)cc2)o1. The van der Waals surface area contributed by atoms with Crippen molar-refractivity contribution in [2.75, 3.05) is 5.32 Å². The molecule has 1 aliphatic carbocycles.